The summed E-state index contributed by atoms with van der Waals surface area (Å²) >= 11 is 0. The van der Waals surface area contributed by atoms with Gasteiger partial charge in [-0.3, -0.25) is 0 Å². The molecule has 12 aromatic rings. The second-order valence-electron chi connectivity index (χ2n) is 17.2. The van der Waals surface area contributed by atoms with E-state index in [0.717, 1.165) is 11.2 Å². The molecule has 0 saturated heterocycles. The van der Waals surface area contributed by atoms with E-state index in [-0.39, 0.29) is 5.41 Å². The third kappa shape index (κ3) is 4.63. The van der Waals surface area contributed by atoms with Crippen LogP contribution in [-0.2, 0) is 5.41 Å². The number of hydrogen-bond acceptors (Lipinski definition) is 1. The molecule has 0 fully saturated rings. The van der Waals surface area contributed by atoms with Crippen LogP contribution in [0.3, 0.4) is 0 Å². The predicted molar refractivity (Wildman–Crippen MR) is 255 cm³/mol. The molecule has 0 N–H and O–H groups in total. The molecule has 0 saturated carbocycles. The Hall–Kier alpha value is -7.48. The van der Waals surface area contributed by atoms with E-state index in [9.17, 15) is 0 Å². The second-order valence-corrected chi connectivity index (χ2v) is 17.2. The highest BCUT2D eigenvalue weighted by Crippen LogP contribution is 2.54. The Bertz CT molecular complexity index is 3750. The van der Waals surface area contributed by atoms with Gasteiger partial charge in [0.05, 0.1) is 0 Å². The average Bonchev–Trinajstić information content (AvgIpc) is 3.79. The Balaban J connectivity index is 0.977. The Labute approximate surface area is 347 Å². The summed E-state index contributed by atoms with van der Waals surface area (Å²) in [6, 6.07) is 71.8. The quantitative estimate of drug-likeness (QED) is 0.163. The Morgan fingerprint density at radius 1 is 0.317 bits per heavy atom. The van der Waals surface area contributed by atoms with Crippen LogP contribution < -0.4 is 0 Å². The van der Waals surface area contributed by atoms with Crippen LogP contribution in [0.4, 0.5) is 0 Å². The van der Waals surface area contributed by atoms with Crippen molar-refractivity contribution in [2.75, 3.05) is 0 Å². The fraction of sp³-hybridized carbons (Fsp3) is 0.0508. The van der Waals surface area contributed by atoms with Crippen molar-refractivity contribution in [3.05, 3.63) is 205 Å². The van der Waals surface area contributed by atoms with Crippen LogP contribution in [0.15, 0.2) is 199 Å². The van der Waals surface area contributed by atoms with Gasteiger partial charge in [-0.2, -0.15) is 0 Å². The van der Waals surface area contributed by atoms with E-state index in [1.165, 1.54) is 120 Å². The molecular weight excluding hydrogens is 725 g/mol. The minimum absolute atomic E-state index is 0.0774. The van der Waals surface area contributed by atoms with Crippen molar-refractivity contribution < 1.29 is 4.42 Å². The van der Waals surface area contributed by atoms with E-state index >= 15 is 0 Å². The van der Waals surface area contributed by atoms with Crippen LogP contribution in [0, 0.1) is 0 Å². The highest BCUT2D eigenvalue weighted by Gasteiger charge is 2.37. The van der Waals surface area contributed by atoms with Gasteiger partial charge >= 0.3 is 0 Å². The molecule has 0 bridgehead atoms. The lowest BCUT2D eigenvalue weighted by Crippen LogP contribution is -2.14. The maximum absolute atomic E-state index is 6.81. The van der Waals surface area contributed by atoms with Gasteiger partial charge in [-0.05, 0) is 140 Å². The number of furan rings is 1. The van der Waals surface area contributed by atoms with Gasteiger partial charge in [-0.15, -0.1) is 0 Å². The summed E-state index contributed by atoms with van der Waals surface area (Å²) < 4.78 is 6.81. The van der Waals surface area contributed by atoms with Gasteiger partial charge in [0.25, 0.3) is 0 Å². The van der Waals surface area contributed by atoms with Gasteiger partial charge in [0.1, 0.15) is 11.2 Å². The van der Waals surface area contributed by atoms with Gasteiger partial charge < -0.3 is 4.42 Å². The van der Waals surface area contributed by atoms with Crippen molar-refractivity contribution in [2.45, 2.75) is 19.3 Å². The molecule has 0 spiro atoms. The average molecular weight is 763 g/mol. The SMILES string of the molecule is CC1(C)c2ccccc2-c2c1ccc1oc3cc(-c4ccc5cc(-c6c7ccccc7c(-c7ccc8ccccc8c7)c7ccccc67)ccc5c4)c4ccccc4c3c21. The van der Waals surface area contributed by atoms with E-state index in [4.69, 9.17) is 4.42 Å². The molecule has 11 aromatic carbocycles. The van der Waals surface area contributed by atoms with Crippen molar-refractivity contribution in [2.24, 2.45) is 0 Å². The second kappa shape index (κ2) is 12.3. The number of hydrogen-bond donors (Lipinski definition) is 0. The smallest absolute Gasteiger partial charge is 0.136 e. The lowest BCUT2D eigenvalue weighted by atomic mass is 9.82. The monoisotopic (exact) mass is 762 g/mol. The summed E-state index contributed by atoms with van der Waals surface area (Å²) in [4.78, 5) is 0. The van der Waals surface area contributed by atoms with Crippen LogP contribution in [0.2, 0.25) is 0 Å². The van der Waals surface area contributed by atoms with Crippen LogP contribution in [0.1, 0.15) is 25.0 Å². The Morgan fingerprint density at radius 3 is 1.48 bits per heavy atom. The maximum atomic E-state index is 6.81. The van der Waals surface area contributed by atoms with E-state index < -0.39 is 0 Å². The summed E-state index contributed by atoms with van der Waals surface area (Å²) in [5.74, 6) is 0. The first kappa shape index (κ1) is 33.5. The molecule has 1 aliphatic rings. The minimum Gasteiger partial charge on any atom is -0.456 e. The molecule has 0 radical (unpaired) electrons. The highest BCUT2D eigenvalue weighted by molar-refractivity contribution is 6.26. The standard InChI is InChI=1S/C59H38O/c1-59(2)50-22-12-11-21-48(50)56-51(59)29-30-52-58(56)57-43-16-6-5-15-42(43)49(34-53(57)60-52)39-26-24-38-33-41(28-25-37(38)31-39)55-46-19-9-7-17-44(46)54(45-18-8-10-20-47(45)55)40-27-23-35-13-3-4-14-36(35)32-40/h3-34H,1-2H3. The van der Waals surface area contributed by atoms with E-state index in [2.05, 4.69) is 208 Å². The third-order valence-electron chi connectivity index (χ3n) is 13.6. The molecule has 1 heterocycles. The van der Waals surface area contributed by atoms with Crippen LogP contribution >= 0.6 is 0 Å². The summed E-state index contributed by atoms with van der Waals surface area (Å²) in [7, 11) is 0. The molecule has 0 amide bonds. The molecular formula is C59H38O. The zero-order valence-corrected chi connectivity index (χ0v) is 33.4. The van der Waals surface area contributed by atoms with Gasteiger partial charge in [0.15, 0.2) is 0 Å². The summed E-state index contributed by atoms with van der Waals surface area (Å²) in [5, 5.41) is 14.9. The van der Waals surface area contributed by atoms with Crippen LogP contribution in [0.25, 0.3) is 120 Å². The third-order valence-corrected chi connectivity index (χ3v) is 13.6. The number of rotatable bonds is 3. The summed E-state index contributed by atoms with van der Waals surface area (Å²) in [6.45, 7) is 4.69. The highest BCUT2D eigenvalue weighted by atomic mass is 16.3. The molecule has 0 unspecified atom stereocenters. The molecule has 0 atom stereocenters. The zero-order valence-electron chi connectivity index (χ0n) is 33.4. The minimum atomic E-state index is -0.0774. The summed E-state index contributed by atoms with van der Waals surface area (Å²) in [5.41, 5.74) is 14.5. The molecule has 1 nitrogen and oxygen atoms in total. The molecule has 60 heavy (non-hydrogen) atoms. The van der Waals surface area contributed by atoms with E-state index in [0.29, 0.717) is 0 Å². The Kier molecular flexibility index (Phi) is 6.85. The molecule has 1 aliphatic carbocycles. The predicted octanol–water partition coefficient (Wildman–Crippen LogP) is 16.7. The lowest BCUT2D eigenvalue weighted by molar-refractivity contribution is 0.656. The van der Waals surface area contributed by atoms with Crippen molar-refractivity contribution in [1.82, 2.24) is 0 Å². The zero-order chi connectivity index (χ0) is 39.7. The first-order chi connectivity index (χ1) is 29.5. The van der Waals surface area contributed by atoms with Crippen molar-refractivity contribution >= 4 is 75.8 Å². The maximum Gasteiger partial charge on any atom is 0.136 e. The fourth-order valence-electron chi connectivity index (χ4n) is 10.8. The van der Waals surface area contributed by atoms with Crippen molar-refractivity contribution in [3.63, 3.8) is 0 Å². The first-order valence-electron chi connectivity index (χ1n) is 21.0. The number of fused-ring (bicyclic) bond motifs is 13. The van der Waals surface area contributed by atoms with Gasteiger partial charge in [-0.1, -0.05) is 178 Å². The van der Waals surface area contributed by atoms with Crippen molar-refractivity contribution in [3.8, 4) is 44.5 Å². The van der Waals surface area contributed by atoms with Crippen LogP contribution in [-0.4, -0.2) is 0 Å². The normalized spacial score (nSPS) is 13.3. The van der Waals surface area contributed by atoms with Gasteiger partial charge in [0, 0.05) is 16.2 Å². The van der Waals surface area contributed by atoms with Gasteiger partial charge in [0.2, 0.25) is 0 Å². The topological polar surface area (TPSA) is 13.1 Å². The molecule has 0 aliphatic heterocycles. The first-order valence-corrected chi connectivity index (χ1v) is 21.0. The number of benzene rings is 11. The van der Waals surface area contributed by atoms with Crippen LogP contribution in [0.5, 0.6) is 0 Å². The van der Waals surface area contributed by atoms with Gasteiger partial charge in [-0.25, -0.2) is 0 Å². The Morgan fingerprint density at radius 2 is 0.817 bits per heavy atom. The van der Waals surface area contributed by atoms with E-state index in [1.54, 1.807) is 0 Å². The van der Waals surface area contributed by atoms with Crippen molar-refractivity contribution in [1.29, 1.82) is 0 Å². The molecule has 1 heteroatoms. The largest absolute Gasteiger partial charge is 0.456 e. The van der Waals surface area contributed by atoms with E-state index in [1.807, 2.05) is 0 Å². The molecule has 1 aromatic heterocycles. The lowest BCUT2D eigenvalue weighted by Gasteiger charge is -2.21. The molecule has 280 valence electrons. The fourth-order valence-corrected chi connectivity index (χ4v) is 10.8. The summed E-state index contributed by atoms with van der Waals surface area (Å²) in [6.07, 6.45) is 0. The molecule has 13 rings (SSSR count).